The van der Waals surface area contributed by atoms with Gasteiger partial charge in [0.1, 0.15) is 0 Å². The molecule has 0 saturated carbocycles. The number of nitrogens with zero attached hydrogens (tertiary/aromatic N) is 3. The summed E-state index contributed by atoms with van der Waals surface area (Å²) in [6.07, 6.45) is -0.149. The molecule has 4 unspecified atom stereocenters. The molecule has 8 nitrogen and oxygen atoms in total. The van der Waals surface area contributed by atoms with Gasteiger partial charge in [-0.1, -0.05) is 6.08 Å². The van der Waals surface area contributed by atoms with Crippen LogP contribution in [0.2, 0.25) is 0 Å². The Morgan fingerprint density at radius 1 is 1.45 bits per heavy atom. The molecule has 1 fully saturated rings. The highest BCUT2D eigenvalue weighted by atomic mass is 32.2. The van der Waals surface area contributed by atoms with Crippen molar-refractivity contribution in [2.75, 3.05) is 32.8 Å². The van der Waals surface area contributed by atoms with E-state index in [4.69, 9.17) is 4.74 Å². The summed E-state index contributed by atoms with van der Waals surface area (Å²) in [5, 5.41) is 11.5. The number of sulfonamides is 1. The van der Waals surface area contributed by atoms with E-state index in [0.29, 0.717) is 32.0 Å². The van der Waals surface area contributed by atoms with E-state index >= 15 is 0 Å². The lowest BCUT2D eigenvalue weighted by molar-refractivity contribution is -0.267. The molecular weight excluding hydrogens is 481 g/mol. The van der Waals surface area contributed by atoms with Crippen LogP contribution in [0.5, 0.6) is 0 Å². The summed E-state index contributed by atoms with van der Waals surface area (Å²) in [4.78, 5) is 10.7. The Hall–Kier alpha value is -1.38. The molecule has 1 saturated heterocycles. The summed E-state index contributed by atoms with van der Waals surface area (Å²) in [6, 6.07) is -0.329. The first-order valence-corrected chi connectivity index (χ1v) is 13.0. The van der Waals surface area contributed by atoms with E-state index < -0.39 is 33.8 Å². The average Bonchev–Trinajstić information content (AvgIpc) is 3.29. The van der Waals surface area contributed by atoms with Crippen LogP contribution in [0.1, 0.15) is 26.7 Å². The van der Waals surface area contributed by atoms with E-state index in [-0.39, 0.29) is 29.8 Å². The minimum atomic E-state index is -4.74. The molecule has 0 spiro atoms. The molecule has 33 heavy (non-hydrogen) atoms. The van der Waals surface area contributed by atoms with Crippen molar-refractivity contribution in [1.82, 2.24) is 14.6 Å². The lowest BCUT2D eigenvalue weighted by Gasteiger charge is -2.36. The summed E-state index contributed by atoms with van der Waals surface area (Å²) in [5.74, 6) is -1.07. The van der Waals surface area contributed by atoms with Crippen molar-refractivity contribution in [3.63, 3.8) is 0 Å². The van der Waals surface area contributed by atoms with Gasteiger partial charge in [0.25, 0.3) is 10.0 Å². The van der Waals surface area contributed by atoms with Gasteiger partial charge in [0.05, 0.1) is 19.3 Å². The number of halogens is 3. The summed E-state index contributed by atoms with van der Waals surface area (Å²) >= 11 is 1.01. The summed E-state index contributed by atoms with van der Waals surface area (Å²) in [5.41, 5.74) is -2.25. The minimum Gasteiger partial charge on any atom is -0.380 e. The number of aromatic nitrogens is 1. The third-order valence-corrected chi connectivity index (χ3v) is 8.60. The van der Waals surface area contributed by atoms with E-state index in [1.54, 1.807) is 5.38 Å². The van der Waals surface area contributed by atoms with Crippen molar-refractivity contribution < 1.29 is 31.4 Å². The molecule has 1 aliphatic carbocycles. The van der Waals surface area contributed by atoms with Crippen LogP contribution in [-0.4, -0.2) is 85.8 Å². The van der Waals surface area contributed by atoms with E-state index in [0.717, 1.165) is 18.3 Å². The van der Waals surface area contributed by atoms with Gasteiger partial charge >= 0.3 is 6.18 Å². The molecule has 0 radical (unpaired) electrons. The molecule has 2 aliphatic rings. The van der Waals surface area contributed by atoms with Gasteiger partial charge in [0, 0.05) is 48.9 Å². The zero-order valence-electron chi connectivity index (χ0n) is 18.5. The van der Waals surface area contributed by atoms with Crippen molar-refractivity contribution >= 4 is 27.1 Å². The molecule has 186 valence electrons. The summed E-state index contributed by atoms with van der Waals surface area (Å²) in [7, 11) is -3.78. The van der Waals surface area contributed by atoms with Crippen LogP contribution < -0.4 is 4.72 Å². The Kier molecular flexibility index (Phi) is 8.33. The number of nitrogens with one attached hydrogen (secondary N) is 1. The third kappa shape index (κ3) is 6.61. The van der Waals surface area contributed by atoms with Crippen molar-refractivity contribution in [2.24, 2.45) is 10.9 Å². The number of rotatable bonds is 8. The Bertz CT molecular complexity index is 949. The van der Waals surface area contributed by atoms with E-state index in [1.165, 1.54) is 18.3 Å². The molecule has 0 aromatic carbocycles. The Morgan fingerprint density at radius 3 is 2.79 bits per heavy atom. The smallest absolute Gasteiger partial charge is 0.380 e. The summed E-state index contributed by atoms with van der Waals surface area (Å²) < 4.78 is 72.4. The van der Waals surface area contributed by atoms with Crippen molar-refractivity contribution in [3.8, 4) is 0 Å². The van der Waals surface area contributed by atoms with E-state index in [1.807, 2.05) is 6.92 Å². The lowest BCUT2D eigenvalue weighted by atomic mass is 9.81. The monoisotopic (exact) mass is 510 g/mol. The second-order valence-corrected chi connectivity index (χ2v) is 11.3. The fourth-order valence-electron chi connectivity index (χ4n) is 3.80. The van der Waals surface area contributed by atoms with Crippen LogP contribution in [0.25, 0.3) is 0 Å². The maximum Gasteiger partial charge on any atom is 0.417 e. The van der Waals surface area contributed by atoms with Crippen LogP contribution in [0.15, 0.2) is 33.1 Å². The molecular formula is C20H29F3N4O4S2. The molecule has 13 heteroatoms. The quantitative estimate of drug-likeness (QED) is 0.556. The SMILES string of the molecule is CC1COCCN1CC(CNS(=O)(=O)c1nccs1)N=C1C=CC(C(C)(O)C(F)(F)F)CC1. The zero-order valence-corrected chi connectivity index (χ0v) is 20.1. The van der Waals surface area contributed by atoms with Gasteiger partial charge in [-0.3, -0.25) is 9.89 Å². The first kappa shape index (κ1) is 26.2. The lowest BCUT2D eigenvalue weighted by Crippen LogP contribution is -2.49. The number of morpholine rings is 1. The molecule has 0 amide bonds. The fraction of sp³-hybridized carbons (Fsp3) is 0.700. The molecule has 1 aromatic rings. The minimum absolute atomic E-state index is 0.0209. The molecule has 3 rings (SSSR count). The van der Waals surface area contributed by atoms with Crippen LogP contribution in [-0.2, 0) is 14.8 Å². The fourth-order valence-corrected chi connectivity index (χ4v) is 5.74. The number of thiazole rings is 1. The highest BCUT2D eigenvalue weighted by Gasteiger charge is 2.54. The second kappa shape index (κ2) is 10.5. The second-order valence-electron chi connectivity index (χ2n) is 8.49. The maximum atomic E-state index is 13.2. The first-order valence-electron chi connectivity index (χ1n) is 10.6. The number of allylic oxidation sites excluding steroid dienone is 1. The Balaban J connectivity index is 1.74. The number of hydrogen-bond donors (Lipinski definition) is 2. The van der Waals surface area contributed by atoms with Gasteiger partial charge < -0.3 is 9.84 Å². The van der Waals surface area contributed by atoms with Crippen molar-refractivity contribution in [1.29, 1.82) is 0 Å². The first-order chi connectivity index (χ1) is 15.4. The van der Waals surface area contributed by atoms with Crippen LogP contribution in [0.3, 0.4) is 0 Å². The number of aliphatic imine (C=N–C) groups is 1. The Morgan fingerprint density at radius 2 is 2.21 bits per heavy atom. The molecule has 4 atom stereocenters. The zero-order chi connectivity index (χ0) is 24.3. The number of alkyl halides is 3. The van der Waals surface area contributed by atoms with Gasteiger partial charge in [0.15, 0.2) is 5.60 Å². The highest BCUT2D eigenvalue weighted by molar-refractivity contribution is 7.91. The van der Waals surface area contributed by atoms with Crippen molar-refractivity contribution in [3.05, 3.63) is 23.7 Å². The highest BCUT2D eigenvalue weighted by Crippen LogP contribution is 2.40. The Labute approximate surface area is 195 Å². The standard InChI is InChI=1S/C20H29F3N4O4S2/c1-14-13-31-9-8-27(14)12-17(11-25-33(29,30)18-24-7-10-32-18)26-16-5-3-15(4-6-16)19(2,28)20(21,22)23/h3,5,7,10,14-15,17,25,28H,4,6,8-9,11-13H2,1-2H3. The number of ether oxygens (including phenoxy) is 1. The average molecular weight is 511 g/mol. The molecule has 1 aromatic heterocycles. The van der Waals surface area contributed by atoms with Gasteiger partial charge in [-0.15, -0.1) is 11.3 Å². The topological polar surface area (TPSA) is 104 Å². The van der Waals surface area contributed by atoms with Crippen LogP contribution >= 0.6 is 11.3 Å². The number of aliphatic hydroxyl groups is 1. The molecule has 0 bridgehead atoms. The largest absolute Gasteiger partial charge is 0.417 e. The van der Waals surface area contributed by atoms with Gasteiger partial charge in [-0.05, 0) is 32.8 Å². The van der Waals surface area contributed by atoms with Gasteiger partial charge in [-0.2, -0.15) is 13.2 Å². The third-order valence-electron chi connectivity index (χ3n) is 5.98. The predicted molar refractivity (Wildman–Crippen MR) is 119 cm³/mol. The molecule has 1 aliphatic heterocycles. The van der Waals surface area contributed by atoms with Crippen LogP contribution in [0.4, 0.5) is 13.2 Å². The van der Waals surface area contributed by atoms with E-state index in [2.05, 4.69) is 19.6 Å². The predicted octanol–water partition coefficient (Wildman–Crippen LogP) is 2.23. The number of hydrogen-bond acceptors (Lipinski definition) is 8. The van der Waals surface area contributed by atoms with Crippen LogP contribution in [0, 0.1) is 5.92 Å². The summed E-state index contributed by atoms with van der Waals surface area (Å²) in [6.45, 7) is 5.06. The molecule has 2 N–H and O–H groups in total. The van der Waals surface area contributed by atoms with Crippen molar-refractivity contribution in [2.45, 2.75) is 54.9 Å². The van der Waals surface area contributed by atoms with Gasteiger partial charge in [-0.25, -0.2) is 18.1 Å². The molecule has 2 heterocycles. The van der Waals surface area contributed by atoms with Gasteiger partial charge in [0.2, 0.25) is 4.34 Å². The normalized spacial score (nSPS) is 26.9. The van der Waals surface area contributed by atoms with E-state index in [9.17, 15) is 26.7 Å². The maximum absolute atomic E-state index is 13.2.